The molecule has 3 heterocycles. The average molecular weight is 545 g/mol. The Bertz CT molecular complexity index is 832. The third-order valence-corrected chi connectivity index (χ3v) is 5.78. The molecule has 2 aromatic heterocycles. The number of hydrogen-bond acceptors (Lipinski definition) is 5. The summed E-state index contributed by atoms with van der Waals surface area (Å²) >= 11 is 1.75. The van der Waals surface area contributed by atoms with Crippen LogP contribution in [0.3, 0.4) is 0 Å². The molecule has 1 unspecified atom stereocenters. The van der Waals surface area contributed by atoms with Crippen molar-refractivity contribution in [2.45, 2.75) is 51.6 Å². The lowest BCUT2D eigenvalue weighted by Gasteiger charge is -2.25. The Labute approximate surface area is 199 Å². The minimum atomic E-state index is -0.0202. The third-order valence-electron chi connectivity index (χ3n) is 4.85. The molecule has 0 aliphatic carbocycles. The fraction of sp³-hybridized carbons (Fsp3) is 0.600. The summed E-state index contributed by atoms with van der Waals surface area (Å²) < 4.78 is 2.00. The zero-order chi connectivity index (χ0) is 20.8. The van der Waals surface area contributed by atoms with Crippen molar-refractivity contribution in [3.8, 4) is 0 Å². The predicted octanol–water partition coefficient (Wildman–Crippen LogP) is 2.26. The van der Waals surface area contributed by atoms with Gasteiger partial charge in [-0.1, -0.05) is 19.9 Å². The second-order valence-electron chi connectivity index (χ2n) is 7.81. The average Bonchev–Trinajstić information content (AvgIpc) is 3.34. The van der Waals surface area contributed by atoms with Gasteiger partial charge in [-0.3, -0.25) is 4.79 Å². The lowest BCUT2D eigenvalue weighted by atomic mass is 10.1. The molecular formula is C20H32IN7OS. The number of aliphatic imine (C=N–C) groups is 1. The highest BCUT2D eigenvalue weighted by atomic mass is 127. The number of carbonyl (C=O) groups is 1. The highest BCUT2D eigenvalue weighted by molar-refractivity contribution is 14.0. The monoisotopic (exact) mass is 545 g/mol. The van der Waals surface area contributed by atoms with Crippen molar-refractivity contribution < 1.29 is 4.79 Å². The lowest BCUT2D eigenvalue weighted by molar-refractivity contribution is -0.127. The first-order valence-electron chi connectivity index (χ1n) is 10.1. The molecule has 0 spiro atoms. The summed E-state index contributed by atoms with van der Waals surface area (Å²) in [6.07, 6.45) is 2.77. The van der Waals surface area contributed by atoms with Crippen LogP contribution < -0.4 is 10.6 Å². The molecule has 0 radical (unpaired) electrons. The molecule has 3 rings (SSSR count). The van der Waals surface area contributed by atoms with E-state index in [9.17, 15) is 4.79 Å². The standard InChI is InChI=1S/C20H31N7OS.HI/c1-14(2)19-24-17-8-7-15(13-27(17)25-19)23-20(22-12-18(28)26(3)4)21-10-9-16-6-5-11-29-16;/h5-6,11,14-15H,7-10,12-13H2,1-4H3,(H2,21,22,23);1H. The Hall–Kier alpha value is -1.69. The zero-order valence-corrected chi connectivity index (χ0v) is 21.2. The van der Waals surface area contributed by atoms with Gasteiger partial charge in [-0.2, -0.15) is 5.10 Å². The van der Waals surface area contributed by atoms with Gasteiger partial charge in [0.15, 0.2) is 11.8 Å². The van der Waals surface area contributed by atoms with E-state index in [4.69, 9.17) is 0 Å². The number of guanidine groups is 1. The molecule has 2 N–H and O–H groups in total. The molecule has 1 aliphatic rings. The van der Waals surface area contributed by atoms with Crippen LogP contribution in [0.4, 0.5) is 0 Å². The van der Waals surface area contributed by atoms with Gasteiger partial charge in [-0.15, -0.1) is 35.3 Å². The maximum Gasteiger partial charge on any atom is 0.243 e. The quantitative estimate of drug-likeness (QED) is 0.317. The highest BCUT2D eigenvalue weighted by Crippen LogP contribution is 2.17. The van der Waals surface area contributed by atoms with E-state index >= 15 is 0 Å². The van der Waals surface area contributed by atoms with E-state index in [1.807, 2.05) is 4.68 Å². The van der Waals surface area contributed by atoms with Crippen LogP contribution in [0, 0.1) is 0 Å². The fourth-order valence-corrected chi connectivity index (χ4v) is 3.79. The van der Waals surface area contributed by atoms with Gasteiger partial charge >= 0.3 is 0 Å². The molecule has 166 valence electrons. The lowest BCUT2D eigenvalue weighted by Crippen LogP contribution is -2.48. The van der Waals surface area contributed by atoms with Gasteiger partial charge < -0.3 is 15.5 Å². The van der Waals surface area contributed by atoms with E-state index in [2.05, 4.69) is 57.1 Å². The van der Waals surface area contributed by atoms with Crippen molar-refractivity contribution in [3.05, 3.63) is 34.0 Å². The number of likely N-dealkylation sites (N-methyl/N-ethyl adjacent to an activating group) is 1. The SMILES string of the molecule is CC(C)c1nc2n(n1)CC(NC(=NCC(=O)N(C)C)NCCc1cccs1)CC2.I. The summed E-state index contributed by atoms with van der Waals surface area (Å²) in [4.78, 5) is 24.0. The number of fused-ring (bicyclic) bond motifs is 1. The van der Waals surface area contributed by atoms with Gasteiger partial charge in [0.2, 0.25) is 5.91 Å². The maximum atomic E-state index is 12.0. The third kappa shape index (κ3) is 6.93. The minimum absolute atomic E-state index is 0. The summed E-state index contributed by atoms with van der Waals surface area (Å²) in [6.45, 7) is 5.87. The fourth-order valence-electron chi connectivity index (χ4n) is 3.08. The second kappa shape index (κ2) is 11.6. The molecule has 0 fully saturated rings. The van der Waals surface area contributed by atoms with Crippen LogP contribution in [0.2, 0.25) is 0 Å². The summed E-state index contributed by atoms with van der Waals surface area (Å²) in [5.41, 5.74) is 0. The molecular weight excluding hydrogens is 513 g/mol. The number of aryl methyl sites for hydroxylation is 1. The van der Waals surface area contributed by atoms with Crippen molar-refractivity contribution >= 4 is 47.2 Å². The first kappa shape index (κ1) is 24.6. The number of nitrogens with zero attached hydrogens (tertiary/aromatic N) is 5. The van der Waals surface area contributed by atoms with Gasteiger partial charge in [0.05, 0.1) is 6.54 Å². The number of halogens is 1. The number of hydrogen-bond donors (Lipinski definition) is 2. The Morgan fingerprint density at radius 1 is 1.43 bits per heavy atom. The van der Waals surface area contributed by atoms with E-state index in [0.29, 0.717) is 11.9 Å². The number of aromatic nitrogens is 3. The van der Waals surface area contributed by atoms with Crippen LogP contribution in [0.5, 0.6) is 0 Å². The van der Waals surface area contributed by atoms with E-state index in [1.54, 1.807) is 30.3 Å². The molecule has 0 saturated carbocycles. The Balaban J connectivity index is 0.00000320. The normalized spacial score (nSPS) is 16.0. The van der Waals surface area contributed by atoms with Crippen molar-refractivity contribution in [2.75, 3.05) is 27.2 Å². The van der Waals surface area contributed by atoms with Crippen LogP contribution in [-0.2, 0) is 24.2 Å². The number of nitrogens with one attached hydrogen (secondary N) is 2. The van der Waals surface area contributed by atoms with Crippen molar-refractivity contribution in [1.82, 2.24) is 30.3 Å². The van der Waals surface area contributed by atoms with Gasteiger partial charge in [-0.25, -0.2) is 14.7 Å². The second-order valence-corrected chi connectivity index (χ2v) is 8.84. The number of amides is 1. The van der Waals surface area contributed by atoms with Crippen LogP contribution >= 0.6 is 35.3 Å². The first-order valence-corrected chi connectivity index (χ1v) is 11.0. The molecule has 0 bridgehead atoms. The smallest absolute Gasteiger partial charge is 0.243 e. The molecule has 8 nitrogen and oxygen atoms in total. The largest absolute Gasteiger partial charge is 0.356 e. The topological polar surface area (TPSA) is 87.4 Å². The summed E-state index contributed by atoms with van der Waals surface area (Å²) in [5.74, 6) is 2.94. The Kier molecular flexibility index (Phi) is 9.53. The maximum absolute atomic E-state index is 12.0. The van der Waals surface area contributed by atoms with Gasteiger partial charge in [0, 0.05) is 43.9 Å². The molecule has 10 heteroatoms. The van der Waals surface area contributed by atoms with Crippen LogP contribution in [0.1, 0.15) is 42.7 Å². The predicted molar refractivity (Wildman–Crippen MR) is 132 cm³/mol. The van der Waals surface area contributed by atoms with Gasteiger partial charge in [0.1, 0.15) is 12.4 Å². The van der Waals surface area contributed by atoms with E-state index in [0.717, 1.165) is 44.0 Å². The Morgan fingerprint density at radius 2 is 2.23 bits per heavy atom. The number of carbonyl (C=O) groups excluding carboxylic acids is 1. The van der Waals surface area contributed by atoms with Crippen LogP contribution in [0.25, 0.3) is 0 Å². The number of thiophene rings is 1. The highest BCUT2D eigenvalue weighted by Gasteiger charge is 2.23. The van der Waals surface area contributed by atoms with Crippen molar-refractivity contribution in [2.24, 2.45) is 4.99 Å². The molecule has 0 saturated heterocycles. The Morgan fingerprint density at radius 3 is 2.90 bits per heavy atom. The van der Waals surface area contributed by atoms with Gasteiger partial charge in [0.25, 0.3) is 0 Å². The van der Waals surface area contributed by atoms with Gasteiger partial charge in [-0.05, 0) is 24.3 Å². The number of rotatable bonds is 7. The zero-order valence-electron chi connectivity index (χ0n) is 18.1. The summed E-state index contributed by atoms with van der Waals surface area (Å²) in [7, 11) is 3.49. The van der Waals surface area contributed by atoms with E-state index in [-0.39, 0.29) is 42.5 Å². The summed E-state index contributed by atoms with van der Waals surface area (Å²) in [5, 5.41) is 13.6. The van der Waals surface area contributed by atoms with Crippen molar-refractivity contribution in [1.29, 1.82) is 0 Å². The molecule has 0 aromatic carbocycles. The molecule has 30 heavy (non-hydrogen) atoms. The molecule has 1 aliphatic heterocycles. The van der Waals surface area contributed by atoms with Crippen molar-refractivity contribution in [3.63, 3.8) is 0 Å². The summed E-state index contributed by atoms with van der Waals surface area (Å²) in [6, 6.07) is 4.39. The van der Waals surface area contributed by atoms with E-state index in [1.165, 1.54) is 4.88 Å². The van der Waals surface area contributed by atoms with Crippen LogP contribution in [-0.4, -0.2) is 64.8 Å². The molecule has 2 aromatic rings. The molecule has 1 amide bonds. The first-order chi connectivity index (χ1) is 13.9. The van der Waals surface area contributed by atoms with Crippen LogP contribution in [0.15, 0.2) is 22.5 Å². The van der Waals surface area contributed by atoms with E-state index < -0.39 is 0 Å². The molecule has 1 atom stereocenters. The minimum Gasteiger partial charge on any atom is -0.356 e.